The minimum Gasteiger partial charge on any atom is -0.311 e. The second-order valence-corrected chi connectivity index (χ2v) is 18.2. The van der Waals surface area contributed by atoms with Gasteiger partial charge in [0.1, 0.15) is 0 Å². The quantitative estimate of drug-likeness (QED) is 0.128. The fourth-order valence-corrected chi connectivity index (χ4v) is 10.5. The van der Waals surface area contributed by atoms with Gasteiger partial charge in [0, 0.05) is 57.0 Å². The van der Waals surface area contributed by atoms with Gasteiger partial charge in [-0.3, -0.25) is 9.97 Å². The molecule has 0 fully saturated rings. The summed E-state index contributed by atoms with van der Waals surface area (Å²) in [4.78, 5) is 13.9. The van der Waals surface area contributed by atoms with Gasteiger partial charge in [-0.2, -0.15) is 0 Å². The highest BCUT2D eigenvalue weighted by molar-refractivity contribution is 6.25. The molecule has 0 radical (unpaired) electrons. The van der Waals surface area contributed by atoms with E-state index in [9.17, 15) is 0 Å². The van der Waals surface area contributed by atoms with Crippen LogP contribution in [0.15, 0.2) is 279 Å². The Kier molecular flexibility index (Phi) is 10.8. The lowest BCUT2D eigenvalue weighted by atomic mass is 9.84. The molecule has 0 amide bonds. The van der Waals surface area contributed by atoms with Crippen molar-refractivity contribution < 1.29 is 0 Å². The van der Waals surface area contributed by atoms with Crippen LogP contribution in [0.3, 0.4) is 0 Å². The van der Waals surface area contributed by atoms with Crippen LogP contribution in [-0.4, -0.2) is 9.97 Å². The molecule has 11 aromatic carbocycles. The summed E-state index contributed by atoms with van der Waals surface area (Å²) in [6, 6.07) is 96.3. The van der Waals surface area contributed by atoms with Crippen LogP contribution < -0.4 is 9.80 Å². The van der Waals surface area contributed by atoms with E-state index in [1.54, 1.807) is 0 Å². The summed E-state index contributed by atoms with van der Waals surface area (Å²) >= 11 is 0. The fourth-order valence-electron chi connectivity index (χ4n) is 10.5. The molecule has 0 aliphatic rings. The summed E-state index contributed by atoms with van der Waals surface area (Å²) in [5.41, 5.74) is 17.8. The van der Waals surface area contributed by atoms with Gasteiger partial charge in [-0.25, -0.2) is 0 Å². The van der Waals surface area contributed by atoms with Crippen molar-refractivity contribution in [2.75, 3.05) is 9.80 Å². The highest BCUT2D eigenvalue weighted by Gasteiger charge is 2.24. The predicted octanol–water partition coefficient (Wildman–Crippen LogP) is 18.7. The Labute approximate surface area is 419 Å². The first-order chi connectivity index (χ1) is 35.7. The summed E-state index contributed by atoms with van der Waals surface area (Å²) < 4.78 is 0. The van der Waals surface area contributed by atoms with Crippen molar-refractivity contribution in [3.8, 4) is 44.5 Å². The van der Waals surface area contributed by atoms with Crippen LogP contribution in [-0.2, 0) is 0 Å². The lowest BCUT2D eigenvalue weighted by molar-refractivity contribution is 1.26. The number of hydrogen-bond acceptors (Lipinski definition) is 4. The molecule has 0 N–H and O–H groups in total. The van der Waals surface area contributed by atoms with Crippen molar-refractivity contribution in [3.05, 3.63) is 279 Å². The third-order valence-electron chi connectivity index (χ3n) is 13.9. The van der Waals surface area contributed by atoms with Crippen molar-refractivity contribution in [1.82, 2.24) is 9.97 Å². The average Bonchev–Trinajstić information content (AvgIpc) is 3.46. The molecule has 2 heterocycles. The summed E-state index contributed by atoms with van der Waals surface area (Å²) in [6.45, 7) is 0. The Morgan fingerprint density at radius 3 is 1.15 bits per heavy atom. The zero-order chi connectivity index (χ0) is 47.8. The Balaban J connectivity index is 1.02. The molecule has 4 nitrogen and oxygen atoms in total. The van der Waals surface area contributed by atoms with E-state index in [4.69, 9.17) is 0 Å². The van der Waals surface area contributed by atoms with Crippen LogP contribution in [0.4, 0.5) is 34.1 Å². The molecular weight excluding hydrogens is 873 g/mol. The molecule has 0 atom stereocenters. The second kappa shape index (κ2) is 18.4. The fraction of sp³-hybridized carbons (Fsp3) is 0. The number of nitrogens with zero attached hydrogens (tertiary/aromatic N) is 4. The number of rotatable bonds is 10. The molecule has 0 aliphatic carbocycles. The van der Waals surface area contributed by atoms with Crippen LogP contribution in [0.25, 0.3) is 87.9 Å². The molecule has 0 aliphatic heterocycles. The van der Waals surface area contributed by atoms with E-state index in [-0.39, 0.29) is 0 Å². The average molecular weight is 919 g/mol. The van der Waals surface area contributed by atoms with Crippen LogP contribution in [0, 0.1) is 0 Å². The number of anilines is 6. The lowest BCUT2D eigenvalue weighted by Crippen LogP contribution is -2.12. The molecule has 2 aromatic heterocycles. The van der Waals surface area contributed by atoms with Crippen molar-refractivity contribution >= 4 is 77.5 Å². The van der Waals surface area contributed by atoms with Crippen molar-refractivity contribution in [1.29, 1.82) is 0 Å². The van der Waals surface area contributed by atoms with E-state index in [1.807, 2.05) is 24.5 Å². The molecule has 0 saturated heterocycles. The minimum absolute atomic E-state index is 0.992. The molecule has 338 valence electrons. The maximum atomic E-state index is 4.58. The van der Waals surface area contributed by atoms with E-state index in [0.29, 0.717) is 0 Å². The molecular formula is C68H46N4. The van der Waals surface area contributed by atoms with Gasteiger partial charge in [-0.1, -0.05) is 164 Å². The van der Waals surface area contributed by atoms with E-state index in [1.165, 1.54) is 38.2 Å². The maximum Gasteiger partial charge on any atom is 0.0702 e. The van der Waals surface area contributed by atoms with Crippen molar-refractivity contribution in [2.45, 2.75) is 0 Å². The highest BCUT2D eigenvalue weighted by atomic mass is 15.2. The minimum atomic E-state index is 0.992. The molecule has 0 unspecified atom stereocenters. The number of hydrogen-bond donors (Lipinski definition) is 0. The monoisotopic (exact) mass is 918 g/mol. The lowest BCUT2D eigenvalue weighted by Gasteiger charge is -2.30. The summed E-state index contributed by atoms with van der Waals surface area (Å²) in [7, 11) is 0. The SMILES string of the molecule is c1ccc(N(c2ccccc2)c2ccc(N(c3ccccc3)c3cccc4c(-c5ccc(-c6ccc7ncccc7c6)cc5)c5ccccc5c(-c5ccc(-c6ccc7ncccc7c6)cc5)c34)cc2)cc1. The topological polar surface area (TPSA) is 32.3 Å². The molecule has 4 heteroatoms. The van der Waals surface area contributed by atoms with Gasteiger partial charge < -0.3 is 9.80 Å². The first-order valence-electron chi connectivity index (χ1n) is 24.5. The Morgan fingerprint density at radius 2 is 0.639 bits per heavy atom. The predicted molar refractivity (Wildman–Crippen MR) is 303 cm³/mol. The van der Waals surface area contributed by atoms with E-state index >= 15 is 0 Å². The maximum absolute atomic E-state index is 4.58. The second-order valence-electron chi connectivity index (χ2n) is 18.2. The Morgan fingerprint density at radius 1 is 0.250 bits per heavy atom. The van der Waals surface area contributed by atoms with Crippen LogP contribution in [0.2, 0.25) is 0 Å². The van der Waals surface area contributed by atoms with E-state index < -0.39 is 0 Å². The molecule has 13 rings (SSSR count). The third kappa shape index (κ3) is 7.78. The smallest absolute Gasteiger partial charge is 0.0702 e. The van der Waals surface area contributed by atoms with Gasteiger partial charge in [-0.15, -0.1) is 0 Å². The van der Waals surface area contributed by atoms with Gasteiger partial charge >= 0.3 is 0 Å². The highest BCUT2D eigenvalue weighted by Crippen LogP contribution is 2.50. The molecule has 72 heavy (non-hydrogen) atoms. The number of benzene rings is 11. The molecule has 0 bridgehead atoms. The van der Waals surface area contributed by atoms with Gasteiger partial charge in [0.2, 0.25) is 0 Å². The van der Waals surface area contributed by atoms with Gasteiger partial charge in [0.15, 0.2) is 0 Å². The zero-order valence-corrected chi connectivity index (χ0v) is 39.3. The summed E-state index contributed by atoms with van der Waals surface area (Å²) in [5.74, 6) is 0. The van der Waals surface area contributed by atoms with Crippen LogP contribution in [0.5, 0.6) is 0 Å². The first-order valence-corrected chi connectivity index (χ1v) is 24.5. The Hall–Kier alpha value is -9.64. The molecule has 0 saturated carbocycles. The number of fused-ring (bicyclic) bond motifs is 4. The number of pyridine rings is 2. The number of para-hydroxylation sites is 3. The zero-order valence-electron chi connectivity index (χ0n) is 39.3. The largest absolute Gasteiger partial charge is 0.311 e. The van der Waals surface area contributed by atoms with E-state index in [0.717, 1.165) is 83.7 Å². The summed E-state index contributed by atoms with van der Waals surface area (Å²) in [5, 5.41) is 6.99. The summed E-state index contributed by atoms with van der Waals surface area (Å²) in [6.07, 6.45) is 3.70. The van der Waals surface area contributed by atoms with E-state index in [2.05, 4.69) is 275 Å². The third-order valence-corrected chi connectivity index (χ3v) is 13.9. The number of aromatic nitrogens is 2. The molecule has 0 spiro atoms. The van der Waals surface area contributed by atoms with Gasteiger partial charge in [0.05, 0.1) is 16.7 Å². The normalized spacial score (nSPS) is 11.3. The van der Waals surface area contributed by atoms with Crippen molar-refractivity contribution in [3.63, 3.8) is 0 Å². The van der Waals surface area contributed by atoms with Gasteiger partial charge in [0.25, 0.3) is 0 Å². The van der Waals surface area contributed by atoms with Crippen LogP contribution >= 0.6 is 0 Å². The molecule has 13 aromatic rings. The Bertz CT molecular complexity index is 4020. The first kappa shape index (κ1) is 42.5. The van der Waals surface area contributed by atoms with Crippen LogP contribution in [0.1, 0.15) is 0 Å². The standard InChI is InChI=1S/C68H46N4/c1-4-17-55(18-5-1)71(56-19-6-2-7-20-56)58-37-39-59(40-38-58)72(57-21-8-3-9-22-57)65-26-12-25-62-66(49-31-27-47(28-32-49)51-35-41-63-53(45-51)15-13-43-69-63)60-23-10-11-24-61(60)67(68(62)65)50-33-29-48(30-34-50)52-36-42-64-54(46-52)16-14-44-70-64/h1-46H. The van der Waals surface area contributed by atoms with Crippen molar-refractivity contribution in [2.24, 2.45) is 0 Å². The van der Waals surface area contributed by atoms with Gasteiger partial charge in [-0.05, 0) is 164 Å².